The molecule has 1 amide bonds. The summed E-state index contributed by atoms with van der Waals surface area (Å²) in [5.74, 6) is 0.893. The van der Waals surface area contributed by atoms with Gasteiger partial charge in [-0.15, -0.1) is 0 Å². The summed E-state index contributed by atoms with van der Waals surface area (Å²) < 4.78 is 5.73. The first-order valence-corrected chi connectivity index (χ1v) is 9.27. The van der Waals surface area contributed by atoms with E-state index in [1.54, 1.807) is 25.1 Å². The number of amides is 1. The predicted molar refractivity (Wildman–Crippen MR) is 101 cm³/mol. The quantitative estimate of drug-likeness (QED) is 0.807. The average Bonchev–Trinajstić information content (AvgIpc) is 3.24. The number of nitrogens with zero attached hydrogens (tertiary/aromatic N) is 3. The lowest BCUT2D eigenvalue weighted by Crippen LogP contribution is -2.36. The fourth-order valence-electron chi connectivity index (χ4n) is 3.18. The van der Waals surface area contributed by atoms with Crippen LogP contribution in [-0.4, -0.2) is 59.7 Å². The smallest absolute Gasteiger partial charge is 0.236 e. The molecule has 1 aliphatic heterocycles. The van der Waals surface area contributed by atoms with Crippen molar-refractivity contribution in [2.24, 2.45) is 0 Å². The Bertz CT molecular complexity index is 747. The van der Waals surface area contributed by atoms with Crippen LogP contribution >= 0.6 is 11.6 Å². The van der Waals surface area contributed by atoms with Crippen molar-refractivity contribution in [1.29, 1.82) is 0 Å². The topological polar surface area (TPSA) is 61.5 Å². The summed E-state index contributed by atoms with van der Waals surface area (Å²) in [5.41, 5.74) is 2.04. The van der Waals surface area contributed by atoms with Crippen molar-refractivity contribution in [3.63, 3.8) is 0 Å². The number of hydrogen-bond donors (Lipinski definition) is 1. The highest BCUT2D eigenvalue weighted by Crippen LogP contribution is 2.30. The second-order valence-electron chi connectivity index (χ2n) is 6.79. The van der Waals surface area contributed by atoms with Crippen molar-refractivity contribution in [1.82, 2.24) is 20.0 Å². The number of hydrogen-bond acceptors (Lipinski definition) is 4. The number of carbonyl (C=O) groups is 1. The number of carbonyl (C=O) groups excluding carboxylic acids is 1. The van der Waals surface area contributed by atoms with Crippen LogP contribution in [0.3, 0.4) is 0 Å². The number of benzene rings is 1. The van der Waals surface area contributed by atoms with Crippen LogP contribution in [0.5, 0.6) is 5.75 Å². The maximum atomic E-state index is 12.0. The van der Waals surface area contributed by atoms with E-state index in [4.69, 9.17) is 16.3 Å². The van der Waals surface area contributed by atoms with E-state index in [0.29, 0.717) is 18.2 Å². The number of aromatic nitrogens is 2. The summed E-state index contributed by atoms with van der Waals surface area (Å²) in [7, 11) is 3.58. The van der Waals surface area contributed by atoms with Crippen LogP contribution in [0.15, 0.2) is 30.3 Å². The minimum atomic E-state index is 0.127. The molecular formula is C19H25ClN4O2. The van der Waals surface area contributed by atoms with Gasteiger partial charge in [0.1, 0.15) is 5.75 Å². The Hall–Kier alpha value is -2.05. The van der Waals surface area contributed by atoms with Crippen molar-refractivity contribution in [2.45, 2.75) is 25.3 Å². The molecule has 1 saturated heterocycles. The minimum Gasteiger partial charge on any atom is -0.493 e. The van der Waals surface area contributed by atoms with E-state index in [-0.39, 0.29) is 11.9 Å². The van der Waals surface area contributed by atoms with Gasteiger partial charge in [0.05, 0.1) is 24.9 Å². The van der Waals surface area contributed by atoms with Gasteiger partial charge in [0.15, 0.2) is 0 Å². The van der Waals surface area contributed by atoms with Gasteiger partial charge in [-0.3, -0.25) is 14.8 Å². The monoisotopic (exact) mass is 376 g/mol. The van der Waals surface area contributed by atoms with Gasteiger partial charge in [0, 0.05) is 31.2 Å². The van der Waals surface area contributed by atoms with E-state index in [1.807, 2.05) is 18.2 Å². The Labute approximate surface area is 159 Å². The zero-order valence-corrected chi connectivity index (χ0v) is 16.0. The van der Waals surface area contributed by atoms with Crippen LogP contribution in [-0.2, 0) is 11.2 Å². The second kappa shape index (κ2) is 8.56. The Morgan fingerprint density at radius 2 is 2.27 bits per heavy atom. The van der Waals surface area contributed by atoms with Crippen LogP contribution in [0.25, 0.3) is 0 Å². The number of likely N-dealkylation sites (N-methyl/N-ethyl adjacent to an activating group) is 1. The molecule has 1 fully saturated rings. The number of nitrogens with one attached hydrogen (secondary N) is 1. The van der Waals surface area contributed by atoms with Gasteiger partial charge in [0.25, 0.3) is 0 Å². The molecular weight excluding hydrogens is 352 g/mol. The van der Waals surface area contributed by atoms with Crippen molar-refractivity contribution < 1.29 is 9.53 Å². The molecule has 1 N–H and O–H groups in total. The van der Waals surface area contributed by atoms with Gasteiger partial charge in [-0.25, -0.2) is 0 Å². The molecule has 1 aromatic heterocycles. The van der Waals surface area contributed by atoms with Gasteiger partial charge in [-0.05, 0) is 43.7 Å². The van der Waals surface area contributed by atoms with Gasteiger partial charge >= 0.3 is 0 Å². The first kappa shape index (κ1) is 18.7. The zero-order valence-electron chi connectivity index (χ0n) is 15.2. The molecule has 1 aliphatic rings. The lowest BCUT2D eigenvalue weighted by Gasteiger charge is -2.23. The fourth-order valence-corrected chi connectivity index (χ4v) is 3.36. The first-order valence-electron chi connectivity index (χ1n) is 8.89. The number of likely N-dealkylation sites (tertiary alicyclic amines) is 1. The number of halogens is 1. The molecule has 0 radical (unpaired) electrons. The predicted octanol–water partition coefficient (Wildman–Crippen LogP) is 2.91. The van der Waals surface area contributed by atoms with Gasteiger partial charge in [-0.1, -0.05) is 17.7 Å². The van der Waals surface area contributed by atoms with Crippen LogP contribution in [0.4, 0.5) is 0 Å². The molecule has 0 aliphatic carbocycles. The van der Waals surface area contributed by atoms with E-state index in [0.717, 1.165) is 42.9 Å². The fraction of sp³-hybridized carbons (Fsp3) is 0.474. The lowest BCUT2D eigenvalue weighted by atomic mass is 10.1. The number of H-pyrrole nitrogens is 1. The van der Waals surface area contributed by atoms with Crippen molar-refractivity contribution >= 4 is 17.5 Å². The summed E-state index contributed by atoms with van der Waals surface area (Å²) in [6.45, 7) is 1.93. The molecule has 0 unspecified atom stereocenters. The molecule has 2 aromatic rings. The maximum Gasteiger partial charge on any atom is 0.236 e. The summed E-state index contributed by atoms with van der Waals surface area (Å²) in [5, 5.41) is 8.24. The Morgan fingerprint density at radius 3 is 3.04 bits per heavy atom. The number of aromatic amines is 1. The maximum absolute atomic E-state index is 12.0. The van der Waals surface area contributed by atoms with E-state index < -0.39 is 0 Å². The first-order chi connectivity index (χ1) is 12.5. The third-order valence-electron chi connectivity index (χ3n) is 4.63. The van der Waals surface area contributed by atoms with Crippen LogP contribution in [0.1, 0.15) is 30.3 Å². The van der Waals surface area contributed by atoms with E-state index in [1.165, 1.54) is 0 Å². The average molecular weight is 377 g/mol. The highest BCUT2D eigenvalue weighted by atomic mass is 35.5. The van der Waals surface area contributed by atoms with Crippen LogP contribution < -0.4 is 4.74 Å². The summed E-state index contributed by atoms with van der Waals surface area (Å²) >= 11 is 5.96. The van der Waals surface area contributed by atoms with Gasteiger partial charge in [0.2, 0.25) is 5.91 Å². The Kier molecular flexibility index (Phi) is 6.16. The SMILES string of the molecule is CN(C)C(=O)CN1CCC[C@@H]1c1cc(CCOc2cccc(Cl)c2)[nH]n1. The zero-order chi connectivity index (χ0) is 18.5. The molecule has 6 nitrogen and oxygen atoms in total. The second-order valence-corrected chi connectivity index (χ2v) is 7.23. The molecule has 0 spiro atoms. The highest BCUT2D eigenvalue weighted by molar-refractivity contribution is 6.30. The molecule has 7 heteroatoms. The van der Waals surface area contributed by atoms with Crippen molar-refractivity contribution in [3.05, 3.63) is 46.7 Å². The summed E-state index contributed by atoms with van der Waals surface area (Å²) in [6.07, 6.45) is 2.86. The highest BCUT2D eigenvalue weighted by Gasteiger charge is 2.29. The Morgan fingerprint density at radius 1 is 1.42 bits per heavy atom. The minimum absolute atomic E-state index is 0.127. The standard InChI is InChI=1S/C19H25ClN4O2/c1-23(2)19(25)13-24-9-4-7-18(24)17-12-15(21-22-17)8-10-26-16-6-3-5-14(20)11-16/h3,5-6,11-12,18H,4,7-10,13H2,1-2H3,(H,21,22)/t18-/m1/s1. The summed E-state index contributed by atoms with van der Waals surface area (Å²) in [4.78, 5) is 15.9. The largest absolute Gasteiger partial charge is 0.493 e. The third kappa shape index (κ3) is 4.77. The normalized spacial score (nSPS) is 17.4. The molecule has 3 rings (SSSR count). The molecule has 0 saturated carbocycles. The van der Waals surface area contributed by atoms with E-state index >= 15 is 0 Å². The Balaban J connectivity index is 1.54. The molecule has 26 heavy (non-hydrogen) atoms. The molecule has 0 bridgehead atoms. The number of rotatable bonds is 7. The summed E-state index contributed by atoms with van der Waals surface area (Å²) in [6, 6.07) is 9.68. The van der Waals surface area contributed by atoms with Gasteiger partial charge in [-0.2, -0.15) is 5.10 Å². The molecule has 1 atom stereocenters. The van der Waals surface area contributed by atoms with Crippen molar-refractivity contribution in [2.75, 3.05) is 33.8 Å². The molecule has 140 valence electrons. The van der Waals surface area contributed by atoms with Crippen LogP contribution in [0.2, 0.25) is 5.02 Å². The van der Waals surface area contributed by atoms with Crippen LogP contribution in [0, 0.1) is 0 Å². The van der Waals surface area contributed by atoms with Crippen molar-refractivity contribution in [3.8, 4) is 5.75 Å². The lowest BCUT2D eigenvalue weighted by molar-refractivity contribution is -0.130. The van der Waals surface area contributed by atoms with E-state index in [9.17, 15) is 4.79 Å². The number of ether oxygens (including phenoxy) is 1. The molecule has 2 heterocycles. The molecule has 1 aromatic carbocycles. The van der Waals surface area contributed by atoms with E-state index in [2.05, 4.69) is 21.2 Å². The van der Waals surface area contributed by atoms with Gasteiger partial charge < -0.3 is 9.64 Å². The third-order valence-corrected chi connectivity index (χ3v) is 4.86.